The monoisotopic (exact) mass is 472 g/mol. The predicted octanol–water partition coefficient (Wildman–Crippen LogP) is 4.14. The fourth-order valence-electron chi connectivity index (χ4n) is 2.99. The number of amides is 1. The summed E-state index contributed by atoms with van der Waals surface area (Å²) in [6.07, 6.45) is -1.28. The minimum Gasteiger partial charge on any atom is -0.444 e. The number of ether oxygens (including phenoxy) is 1. The van der Waals surface area contributed by atoms with Gasteiger partial charge in [-0.2, -0.15) is 0 Å². The third kappa shape index (κ3) is 5.53. The maximum absolute atomic E-state index is 13.1. The number of primary sulfonamides is 1. The van der Waals surface area contributed by atoms with Crippen molar-refractivity contribution in [3.63, 3.8) is 0 Å². The summed E-state index contributed by atoms with van der Waals surface area (Å²) in [6.45, 7) is 3.74. The molecule has 1 unspecified atom stereocenters. The van der Waals surface area contributed by atoms with Crippen LogP contribution >= 0.6 is 11.6 Å². The van der Waals surface area contributed by atoms with E-state index < -0.39 is 32.9 Å². The third-order valence-electron chi connectivity index (χ3n) is 4.69. The fraction of sp³-hybridized carbons (Fsp3) is 0.130. The number of anilines is 1. The number of carbonyl (C=O) groups excluding carboxylic acids is 2. The lowest BCUT2D eigenvalue weighted by molar-refractivity contribution is -0.125. The first kappa shape index (κ1) is 23.5. The van der Waals surface area contributed by atoms with Crippen molar-refractivity contribution in [1.82, 2.24) is 0 Å². The molecular formula is C23H21ClN2O5S. The molecule has 3 rings (SSSR count). The summed E-state index contributed by atoms with van der Waals surface area (Å²) in [4.78, 5) is 25.5. The number of rotatable bonds is 6. The van der Waals surface area contributed by atoms with Gasteiger partial charge in [0.25, 0.3) is 5.91 Å². The summed E-state index contributed by atoms with van der Waals surface area (Å²) in [6, 6.07) is 17.6. The maximum Gasteiger partial charge on any atom is 0.339 e. The minimum absolute atomic E-state index is 0.112. The van der Waals surface area contributed by atoms with Gasteiger partial charge in [0, 0.05) is 11.3 Å². The van der Waals surface area contributed by atoms with Gasteiger partial charge in [-0.3, -0.25) is 4.79 Å². The molecule has 0 saturated carbocycles. The van der Waals surface area contributed by atoms with Crippen LogP contribution in [0.15, 0.2) is 71.6 Å². The van der Waals surface area contributed by atoms with Crippen molar-refractivity contribution in [2.24, 2.45) is 5.14 Å². The van der Waals surface area contributed by atoms with E-state index in [1.165, 1.54) is 12.1 Å². The van der Waals surface area contributed by atoms with Gasteiger partial charge in [-0.25, -0.2) is 18.4 Å². The molecule has 0 fully saturated rings. The molecule has 3 N–H and O–H groups in total. The van der Waals surface area contributed by atoms with E-state index in [9.17, 15) is 18.0 Å². The Morgan fingerprint density at radius 2 is 1.69 bits per heavy atom. The Hall–Kier alpha value is -3.20. The molecule has 0 aliphatic rings. The standard InChI is InChI=1S/C23H21ClN2O5S/c1-14-8-9-15(2)19(12-14)26-22(27)21(16-6-4-3-5-7-16)31-23(28)17-10-11-18(24)20(13-17)32(25,29)30/h3-13,21H,1-2H3,(H,26,27)(H2,25,29,30). The molecule has 0 radical (unpaired) electrons. The molecule has 9 heteroatoms. The molecular weight excluding hydrogens is 452 g/mol. The number of nitrogens with one attached hydrogen (secondary N) is 1. The Bertz CT molecular complexity index is 1280. The molecule has 0 bridgehead atoms. The van der Waals surface area contributed by atoms with Gasteiger partial charge in [0.15, 0.2) is 0 Å². The molecule has 7 nitrogen and oxygen atoms in total. The highest BCUT2D eigenvalue weighted by atomic mass is 35.5. The topological polar surface area (TPSA) is 116 Å². The minimum atomic E-state index is -4.16. The van der Waals surface area contributed by atoms with E-state index in [1.807, 2.05) is 32.0 Å². The summed E-state index contributed by atoms with van der Waals surface area (Å²) in [5.74, 6) is -1.46. The zero-order valence-corrected chi connectivity index (χ0v) is 18.9. The summed E-state index contributed by atoms with van der Waals surface area (Å²) in [7, 11) is -4.16. The van der Waals surface area contributed by atoms with E-state index in [0.29, 0.717) is 11.3 Å². The first-order chi connectivity index (χ1) is 15.1. The lowest BCUT2D eigenvalue weighted by atomic mass is 10.1. The van der Waals surface area contributed by atoms with Crippen LogP contribution in [0.2, 0.25) is 5.02 Å². The zero-order valence-electron chi connectivity index (χ0n) is 17.3. The SMILES string of the molecule is Cc1ccc(C)c(NC(=O)C(OC(=O)c2ccc(Cl)c(S(N)(=O)=O)c2)c2ccccc2)c1. The number of carbonyl (C=O) groups is 2. The number of benzene rings is 3. The van der Waals surface area contributed by atoms with Crippen molar-refractivity contribution < 1.29 is 22.7 Å². The summed E-state index contributed by atoms with van der Waals surface area (Å²) >= 11 is 5.88. The molecule has 3 aromatic rings. The largest absolute Gasteiger partial charge is 0.444 e. The quantitative estimate of drug-likeness (QED) is 0.523. The molecule has 3 aromatic carbocycles. The Morgan fingerprint density at radius 1 is 1.00 bits per heavy atom. The highest BCUT2D eigenvalue weighted by Gasteiger charge is 2.27. The Labute approximate surface area is 191 Å². The van der Waals surface area contributed by atoms with Crippen LogP contribution in [0.4, 0.5) is 5.69 Å². The van der Waals surface area contributed by atoms with Crippen molar-refractivity contribution in [3.8, 4) is 0 Å². The summed E-state index contributed by atoms with van der Waals surface area (Å²) < 4.78 is 28.9. The van der Waals surface area contributed by atoms with Crippen LogP contribution in [-0.4, -0.2) is 20.3 Å². The van der Waals surface area contributed by atoms with E-state index >= 15 is 0 Å². The van der Waals surface area contributed by atoms with Gasteiger partial charge in [0.1, 0.15) is 4.90 Å². The molecule has 1 amide bonds. The Kier molecular flexibility index (Phi) is 6.98. The Morgan fingerprint density at radius 3 is 2.34 bits per heavy atom. The lowest BCUT2D eigenvalue weighted by Crippen LogP contribution is -2.26. The van der Waals surface area contributed by atoms with Crippen LogP contribution < -0.4 is 10.5 Å². The number of hydrogen-bond donors (Lipinski definition) is 2. The number of nitrogens with two attached hydrogens (primary N) is 1. The van der Waals surface area contributed by atoms with Crippen LogP contribution in [0.25, 0.3) is 0 Å². The van der Waals surface area contributed by atoms with E-state index in [0.717, 1.165) is 17.2 Å². The van der Waals surface area contributed by atoms with E-state index in [1.54, 1.807) is 30.3 Å². The smallest absolute Gasteiger partial charge is 0.339 e. The van der Waals surface area contributed by atoms with Gasteiger partial charge < -0.3 is 10.1 Å². The molecule has 32 heavy (non-hydrogen) atoms. The van der Waals surface area contributed by atoms with Crippen LogP contribution in [-0.2, 0) is 19.6 Å². The summed E-state index contributed by atoms with van der Waals surface area (Å²) in [5.41, 5.74) is 2.73. The molecule has 0 spiro atoms. The highest BCUT2D eigenvalue weighted by Crippen LogP contribution is 2.26. The van der Waals surface area contributed by atoms with Crippen molar-refractivity contribution in [2.45, 2.75) is 24.8 Å². The normalized spacial score (nSPS) is 12.1. The van der Waals surface area contributed by atoms with Crippen molar-refractivity contribution in [3.05, 3.63) is 94.0 Å². The van der Waals surface area contributed by atoms with Gasteiger partial charge in [0.2, 0.25) is 16.1 Å². The average molecular weight is 473 g/mol. The number of esters is 1. The van der Waals surface area contributed by atoms with Gasteiger partial charge >= 0.3 is 5.97 Å². The van der Waals surface area contributed by atoms with Crippen molar-refractivity contribution >= 4 is 39.2 Å². The first-order valence-electron chi connectivity index (χ1n) is 9.52. The van der Waals surface area contributed by atoms with Crippen molar-refractivity contribution in [2.75, 3.05) is 5.32 Å². The fourth-order valence-corrected chi connectivity index (χ4v) is 4.06. The second kappa shape index (κ2) is 9.52. The average Bonchev–Trinajstić information content (AvgIpc) is 2.74. The van der Waals surface area contributed by atoms with Crippen LogP contribution in [0.5, 0.6) is 0 Å². The van der Waals surface area contributed by atoms with Gasteiger partial charge in [0.05, 0.1) is 10.6 Å². The van der Waals surface area contributed by atoms with Gasteiger partial charge in [-0.1, -0.05) is 54.1 Å². The summed E-state index contributed by atoms with van der Waals surface area (Å²) in [5, 5.41) is 7.82. The first-order valence-corrected chi connectivity index (χ1v) is 11.4. The van der Waals surface area contributed by atoms with E-state index in [-0.39, 0.29) is 10.6 Å². The predicted molar refractivity (Wildman–Crippen MR) is 122 cm³/mol. The van der Waals surface area contributed by atoms with E-state index in [2.05, 4.69) is 5.32 Å². The van der Waals surface area contributed by atoms with Gasteiger partial charge in [-0.05, 0) is 49.2 Å². The molecule has 0 aromatic heterocycles. The highest BCUT2D eigenvalue weighted by molar-refractivity contribution is 7.89. The molecule has 0 saturated heterocycles. The number of halogens is 1. The van der Waals surface area contributed by atoms with Crippen molar-refractivity contribution in [1.29, 1.82) is 0 Å². The van der Waals surface area contributed by atoms with Gasteiger partial charge in [-0.15, -0.1) is 0 Å². The second-order valence-electron chi connectivity index (χ2n) is 7.19. The number of sulfonamides is 1. The van der Waals surface area contributed by atoms with Crippen LogP contribution in [0.1, 0.15) is 33.2 Å². The maximum atomic E-state index is 13.1. The molecule has 166 valence electrons. The van der Waals surface area contributed by atoms with E-state index in [4.69, 9.17) is 21.5 Å². The number of aryl methyl sites for hydroxylation is 2. The molecule has 1 atom stereocenters. The lowest BCUT2D eigenvalue weighted by Gasteiger charge is -2.19. The Balaban J connectivity index is 1.93. The third-order valence-corrected chi connectivity index (χ3v) is 6.08. The number of hydrogen-bond acceptors (Lipinski definition) is 5. The molecule has 0 aliphatic carbocycles. The zero-order chi connectivity index (χ0) is 23.5. The second-order valence-corrected chi connectivity index (χ2v) is 9.13. The van der Waals surface area contributed by atoms with Crippen LogP contribution in [0, 0.1) is 13.8 Å². The molecule has 0 aliphatic heterocycles. The van der Waals surface area contributed by atoms with Crippen LogP contribution in [0.3, 0.4) is 0 Å². The molecule has 0 heterocycles.